The van der Waals surface area contributed by atoms with E-state index in [0.717, 1.165) is 4.88 Å². The Morgan fingerprint density at radius 1 is 0.958 bits per heavy atom. The molecule has 2 N–H and O–H groups in total. The summed E-state index contributed by atoms with van der Waals surface area (Å²) in [6, 6.07) is 12.1. The zero-order valence-electron chi connectivity index (χ0n) is 12.5. The minimum Gasteiger partial charge on any atom is -0.339 e. The normalized spacial score (nSPS) is 11.2. The number of aromatic nitrogens is 2. The van der Waals surface area contributed by atoms with Crippen LogP contribution >= 0.6 is 11.3 Å². The van der Waals surface area contributed by atoms with Crippen LogP contribution in [-0.2, 0) is 10.0 Å². The summed E-state index contributed by atoms with van der Waals surface area (Å²) < 4.78 is 39.9. The Bertz CT molecular complexity index is 938. The summed E-state index contributed by atoms with van der Waals surface area (Å²) in [6.07, 6.45) is 0. The maximum absolute atomic E-state index is 12.9. The van der Waals surface area contributed by atoms with Gasteiger partial charge in [-0.3, -0.25) is 4.72 Å². The fraction of sp³-hybridized carbons (Fsp3) is 0.0667. The van der Waals surface area contributed by atoms with E-state index in [1.807, 2.05) is 6.92 Å². The molecule has 0 amide bonds. The molecule has 0 bridgehead atoms. The fourth-order valence-corrected chi connectivity index (χ4v) is 4.16. The number of rotatable bonds is 5. The summed E-state index contributed by atoms with van der Waals surface area (Å²) in [4.78, 5) is 0.903. The van der Waals surface area contributed by atoms with Crippen LogP contribution in [0.3, 0.4) is 0 Å². The Morgan fingerprint density at radius 2 is 1.62 bits per heavy atom. The molecule has 2 heterocycles. The number of thiophene rings is 1. The standard InChI is InChI=1S/C15H13FN4O2S2/c1-10-2-9-15(23-10)24(21,22)20-14-8-7-13(18-19-14)17-12-5-3-11(16)4-6-12/h2-9H,1H3,(H,17,18)(H,19,20). The quantitative estimate of drug-likeness (QED) is 0.723. The van der Waals surface area contributed by atoms with E-state index < -0.39 is 10.0 Å². The molecule has 0 aliphatic carbocycles. The van der Waals surface area contributed by atoms with Gasteiger partial charge < -0.3 is 5.32 Å². The topological polar surface area (TPSA) is 84.0 Å². The van der Waals surface area contributed by atoms with Gasteiger partial charge in [-0.15, -0.1) is 21.5 Å². The average Bonchev–Trinajstić information content (AvgIpc) is 2.99. The summed E-state index contributed by atoms with van der Waals surface area (Å²) in [7, 11) is -3.67. The lowest BCUT2D eigenvalue weighted by atomic mass is 10.3. The second-order valence-electron chi connectivity index (χ2n) is 4.91. The molecule has 0 saturated carbocycles. The maximum Gasteiger partial charge on any atom is 0.272 e. The lowest BCUT2D eigenvalue weighted by Crippen LogP contribution is -2.13. The number of nitrogens with one attached hydrogen (secondary N) is 2. The number of nitrogens with zero attached hydrogens (tertiary/aromatic N) is 2. The van der Waals surface area contributed by atoms with Crippen molar-refractivity contribution in [2.45, 2.75) is 11.1 Å². The molecule has 3 aromatic rings. The molecule has 3 rings (SSSR count). The Kier molecular flexibility index (Phi) is 4.45. The van der Waals surface area contributed by atoms with Gasteiger partial charge in [0.05, 0.1) is 0 Å². The summed E-state index contributed by atoms with van der Waals surface area (Å²) in [5.41, 5.74) is 0.646. The van der Waals surface area contributed by atoms with Crippen LogP contribution in [0.15, 0.2) is 52.7 Å². The number of aryl methyl sites for hydroxylation is 1. The predicted octanol–water partition coefficient (Wildman–Crippen LogP) is 3.53. The molecule has 0 radical (unpaired) electrons. The molecule has 0 aliphatic heterocycles. The van der Waals surface area contributed by atoms with Gasteiger partial charge in [-0.25, -0.2) is 12.8 Å². The van der Waals surface area contributed by atoms with E-state index in [1.165, 1.54) is 29.5 Å². The van der Waals surface area contributed by atoms with Gasteiger partial charge >= 0.3 is 0 Å². The maximum atomic E-state index is 12.9. The van der Waals surface area contributed by atoms with E-state index in [-0.39, 0.29) is 15.8 Å². The van der Waals surface area contributed by atoms with E-state index in [9.17, 15) is 12.8 Å². The zero-order chi connectivity index (χ0) is 17.2. The molecule has 124 valence electrons. The van der Waals surface area contributed by atoms with Gasteiger partial charge in [-0.2, -0.15) is 0 Å². The third-order valence-electron chi connectivity index (χ3n) is 3.00. The SMILES string of the molecule is Cc1ccc(S(=O)(=O)Nc2ccc(Nc3ccc(F)cc3)nn2)s1. The van der Waals surface area contributed by atoms with Crippen molar-refractivity contribution < 1.29 is 12.8 Å². The first-order chi connectivity index (χ1) is 11.4. The van der Waals surface area contributed by atoms with E-state index >= 15 is 0 Å². The van der Waals surface area contributed by atoms with Crippen LogP contribution in [0, 0.1) is 12.7 Å². The van der Waals surface area contributed by atoms with Crippen molar-refractivity contribution in [3.8, 4) is 0 Å². The fourth-order valence-electron chi connectivity index (χ4n) is 1.88. The molecule has 9 heteroatoms. The summed E-state index contributed by atoms with van der Waals surface area (Å²) in [5.74, 6) is 0.197. The molecule has 0 saturated heterocycles. The van der Waals surface area contributed by atoms with E-state index in [4.69, 9.17) is 0 Å². The van der Waals surface area contributed by atoms with Crippen molar-refractivity contribution in [1.82, 2.24) is 10.2 Å². The minimum absolute atomic E-state index is 0.116. The second-order valence-corrected chi connectivity index (χ2v) is 8.10. The van der Waals surface area contributed by atoms with Crippen molar-refractivity contribution in [3.05, 3.63) is 59.2 Å². The van der Waals surface area contributed by atoms with E-state index in [0.29, 0.717) is 11.5 Å². The largest absolute Gasteiger partial charge is 0.339 e. The molecule has 0 aliphatic rings. The first kappa shape index (κ1) is 16.3. The molecule has 1 aromatic carbocycles. The second kappa shape index (κ2) is 6.54. The van der Waals surface area contributed by atoms with Crippen molar-refractivity contribution in [2.24, 2.45) is 0 Å². The van der Waals surface area contributed by atoms with Crippen LogP contribution in [0.4, 0.5) is 21.7 Å². The summed E-state index contributed by atoms with van der Waals surface area (Å²) in [5, 5.41) is 10.7. The average molecular weight is 364 g/mol. The number of benzene rings is 1. The van der Waals surface area contributed by atoms with E-state index in [2.05, 4.69) is 20.2 Å². The third kappa shape index (κ3) is 3.87. The first-order valence-corrected chi connectivity index (χ1v) is 9.18. The van der Waals surface area contributed by atoms with Crippen LogP contribution < -0.4 is 10.0 Å². The minimum atomic E-state index is -3.67. The molecule has 0 fully saturated rings. The lowest BCUT2D eigenvalue weighted by molar-refractivity contribution is 0.603. The molecule has 2 aromatic heterocycles. The summed E-state index contributed by atoms with van der Waals surface area (Å²) in [6.45, 7) is 1.83. The number of hydrogen-bond donors (Lipinski definition) is 2. The van der Waals surface area contributed by atoms with Crippen molar-refractivity contribution in [2.75, 3.05) is 10.0 Å². The molecular formula is C15H13FN4O2S2. The first-order valence-electron chi connectivity index (χ1n) is 6.88. The number of hydrogen-bond acceptors (Lipinski definition) is 6. The van der Waals surface area contributed by atoms with Gasteiger partial charge in [0, 0.05) is 10.6 Å². The van der Waals surface area contributed by atoms with Gasteiger partial charge in [-0.1, -0.05) is 0 Å². The highest BCUT2D eigenvalue weighted by Crippen LogP contribution is 2.23. The number of halogens is 1. The van der Waals surface area contributed by atoms with Crippen molar-refractivity contribution in [1.29, 1.82) is 0 Å². The van der Waals surface area contributed by atoms with Crippen LogP contribution in [0.5, 0.6) is 0 Å². The highest BCUT2D eigenvalue weighted by molar-refractivity contribution is 7.94. The van der Waals surface area contributed by atoms with Crippen LogP contribution in [-0.4, -0.2) is 18.6 Å². The summed E-state index contributed by atoms with van der Waals surface area (Å²) >= 11 is 1.18. The van der Waals surface area contributed by atoms with Gasteiger partial charge in [-0.05, 0) is 55.5 Å². The molecule has 0 unspecified atom stereocenters. The van der Waals surface area contributed by atoms with Crippen molar-refractivity contribution in [3.63, 3.8) is 0 Å². The monoisotopic (exact) mass is 364 g/mol. The van der Waals surface area contributed by atoms with Crippen LogP contribution in [0.25, 0.3) is 0 Å². The highest BCUT2D eigenvalue weighted by atomic mass is 32.2. The molecule has 24 heavy (non-hydrogen) atoms. The Hall–Kier alpha value is -2.52. The molecule has 6 nitrogen and oxygen atoms in total. The lowest BCUT2D eigenvalue weighted by Gasteiger charge is -2.07. The van der Waals surface area contributed by atoms with Gasteiger partial charge in [0.15, 0.2) is 11.6 Å². The Balaban J connectivity index is 1.71. The highest BCUT2D eigenvalue weighted by Gasteiger charge is 2.17. The van der Waals surface area contributed by atoms with Gasteiger partial charge in [0.2, 0.25) is 0 Å². The Morgan fingerprint density at radius 3 is 2.21 bits per heavy atom. The molecular weight excluding hydrogens is 351 g/mol. The number of sulfonamides is 1. The van der Waals surface area contributed by atoms with Crippen LogP contribution in [0.1, 0.15) is 4.88 Å². The van der Waals surface area contributed by atoms with Crippen molar-refractivity contribution >= 4 is 38.7 Å². The Labute approximate surface area is 142 Å². The van der Waals surface area contributed by atoms with Gasteiger partial charge in [0.1, 0.15) is 10.0 Å². The number of anilines is 3. The molecule has 0 atom stereocenters. The van der Waals surface area contributed by atoms with E-state index in [1.54, 1.807) is 30.3 Å². The zero-order valence-corrected chi connectivity index (χ0v) is 14.2. The van der Waals surface area contributed by atoms with Crippen LogP contribution in [0.2, 0.25) is 0 Å². The molecule has 0 spiro atoms. The predicted molar refractivity (Wildman–Crippen MR) is 91.6 cm³/mol. The smallest absolute Gasteiger partial charge is 0.272 e. The van der Waals surface area contributed by atoms with Gasteiger partial charge in [0.25, 0.3) is 10.0 Å². The third-order valence-corrected chi connectivity index (χ3v) is 5.85.